The lowest BCUT2D eigenvalue weighted by Crippen LogP contribution is -2.13. The van der Waals surface area contributed by atoms with Crippen molar-refractivity contribution in [3.8, 4) is 0 Å². The van der Waals surface area contributed by atoms with E-state index in [1.165, 1.54) is 17.6 Å². The first kappa shape index (κ1) is 15.5. The van der Waals surface area contributed by atoms with Gasteiger partial charge in [0.05, 0.1) is 6.21 Å². The monoisotopic (exact) mass is 384 g/mol. The molecule has 0 aromatic carbocycles. The molecule has 20 heavy (non-hydrogen) atoms. The second-order valence-corrected chi connectivity index (χ2v) is 6.55. The minimum absolute atomic E-state index is 0.117. The predicted molar refractivity (Wildman–Crippen MR) is 76.4 cm³/mol. The summed E-state index contributed by atoms with van der Waals surface area (Å²) in [6, 6.07) is 1.76. The molecule has 0 bridgehead atoms. The number of rotatable bonds is 4. The molecule has 0 aliphatic rings. The van der Waals surface area contributed by atoms with Crippen molar-refractivity contribution in [3.05, 3.63) is 26.6 Å². The van der Waals surface area contributed by atoms with Gasteiger partial charge in [-0.05, 0) is 27.7 Å². The normalized spacial score (nSPS) is 12.4. The largest absolute Gasteiger partial charge is 0.453 e. The van der Waals surface area contributed by atoms with E-state index in [0.29, 0.717) is 5.75 Å². The molecule has 0 aliphatic carbocycles. The van der Waals surface area contributed by atoms with E-state index in [4.69, 9.17) is 0 Å². The minimum Gasteiger partial charge on any atom is -0.183 e. The van der Waals surface area contributed by atoms with Gasteiger partial charge in [0.15, 0.2) is 0 Å². The molecule has 0 aliphatic heterocycles. The molecule has 2 rings (SSSR count). The number of aromatic nitrogens is 3. The van der Waals surface area contributed by atoms with E-state index in [1.54, 1.807) is 6.07 Å². The van der Waals surface area contributed by atoms with Crippen molar-refractivity contribution in [2.45, 2.75) is 18.3 Å². The summed E-state index contributed by atoms with van der Waals surface area (Å²) in [5.41, 5.74) is 0. The van der Waals surface area contributed by atoms with Gasteiger partial charge in [0.2, 0.25) is 5.16 Å². The van der Waals surface area contributed by atoms with Gasteiger partial charge in [0, 0.05) is 14.7 Å². The van der Waals surface area contributed by atoms with E-state index in [0.717, 1.165) is 25.8 Å². The van der Waals surface area contributed by atoms with Crippen molar-refractivity contribution in [3.63, 3.8) is 0 Å². The van der Waals surface area contributed by atoms with Crippen LogP contribution >= 0.6 is 39.0 Å². The highest BCUT2D eigenvalue weighted by Gasteiger charge is 2.38. The van der Waals surface area contributed by atoms with Crippen LogP contribution in [0, 0.1) is 0 Å². The van der Waals surface area contributed by atoms with Crippen molar-refractivity contribution >= 4 is 45.2 Å². The van der Waals surface area contributed by atoms with Crippen molar-refractivity contribution in [2.75, 3.05) is 5.75 Å². The number of thioether (sulfide) groups is 1. The Balaban J connectivity index is 2.37. The standard InChI is InChI=1S/C10H8BrF3N4S2/c1-2-19-9-17-16-8(10(12,13)14)18(9)15-4-7-3-6(11)5-20-7/h3-5H,2H2,1H3/b15-4-. The van der Waals surface area contributed by atoms with Crippen LogP contribution < -0.4 is 0 Å². The molecular formula is C10H8BrF3N4S2. The van der Waals surface area contributed by atoms with Crippen molar-refractivity contribution in [1.82, 2.24) is 14.9 Å². The zero-order chi connectivity index (χ0) is 14.8. The van der Waals surface area contributed by atoms with Gasteiger partial charge in [-0.1, -0.05) is 18.7 Å². The number of hydrogen-bond acceptors (Lipinski definition) is 5. The third-order valence-corrected chi connectivity index (χ3v) is 4.46. The third kappa shape index (κ3) is 3.61. The maximum absolute atomic E-state index is 12.8. The van der Waals surface area contributed by atoms with E-state index in [-0.39, 0.29) is 5.16 Å². The average Bonchev–Trinajstić information content (AvgIpc) is 2.93. The predicted octanol–water partition coefficient (Wildman–Crippen LogP) is 4.12. The van der Waals surface area contributed by atoms with Gasteiger partial charge in [-0.25, -0.2) is 0 Å². The topological polar surface area (TPSA) is 43.1 Å². The lowest BCUT2D eigenvalue weighted by molar-refractivity contribution is -0.147. The molecule has 0 amide bonds. The van der Waals surface area contributed by atoms with Crippen LogP contribution in [-0.2, 0) is 6.18 Å². The van der Waals surface area contributed by atoms with Gasteiger partial charge < -0.3 is 0 Å². The summed E-state index contributed by atoms with van der Waals surface area (Å²) in [5, 5.41) is 12.5. The molecule has 0 N–H and O–H groups in total. The lowest BCUT2D eigenvalue weighted by atomic mass is 10.5. The van der Waals surface area contributed by atoms with Crippen molar-refractivity contribution in [1.29, 1.82) is 0 Å². The van der Waals surface area contributed by atoms with Gasteiger partial charge in [-0.2, -0.15) is 22.9 Å². The van der Waals surface area contributed by atoms with Crippen LogP contribution in [0.15, 0.2) is 26.2 Å². The van der Waals surface area contributed by atoms with Crippen LogP contribution in [-0.4, -0.2) is 26.8 Å². The average molecular weight is 385 g/mol. The fourth-order valence-electron chi connectivity index (χ4n) is 1.28. The second kappa shape index (κ2) is 6.27. The molecular weight excluding hydrogens is 377 g/mol. The molecule has 0 spiro atoms. The van der Waals surface area contributed by atoms with Crippen LogP contribution in [0.5, 0.6) is 0 Å². The highest BCUT2D eigenvalue weighted by molar-refractivity contribution is 9.10. The summed E-state index contributed by atoms with van der Waals surface area (Å²) in [4.78, 5) is 0.728. The first-order valence-electron chi connectivity index (χ1n) is 5.35. The van der Waals surface area contributed by atoms with E-state index in [9.17, 15) is 13.2 Å². The SMILES string of the molecule is CCSc1nnc(C(F)(F)F)n1/N=C\c1cc(Br)cs1. The highest BCUT2D eigenvalue weighted by atomic mass is 79.9. The van der Waals surface area contributed by atoms with Crippen LogP contribution in [0.2, 0.25) is 0 Å². The van der Waals surface area contributed by atoms with Crippen LogP contribution in [0.3, 0.4) is 0 Å². The van der Waals surface area contributed by atoms with Crippen molar-refractivity contribution in [2.24, 2.45) is 5.10 Å². The first-order valence-corrected chi connectivity index (χ1v) is 8.01. The Morgan fingerprint density at radius 3 is 2.80 bits per heavy atom. The molecule has 0 fully saturated rings. The molecule has 2 aromatic heterocycles. The number of thiophene rings is 1. The van der Waals surface area contributed by atoms with E-state index in [1.807, 2.05) is 12.3 Å². The molecule has 0 saturated carbocycles. The molecule has 0 radical (unpaired) electrons. The number of alkyl halides is 3. The van der Waals surface area contributed by atoms with Gasteiger partial charge in [-0.15, -0.1) is 21.5 Å². The second-order valence-electron chi connectivity index (χ2n) is 3.46. The molecule has 2 aromatic rings. The third-order valence-electron chi connectivity index (χ3n) is 2.03. The summed E-state index contributed by atoms with van der Waals surface area (Å²) in [7, 11) is 0. The van der Waals surface area contributed by atoms with E-state index in [2.05, 4.69) is 31.2 Å². The lowest BCUT2D eigenvalue weighted by Gasteiger charge is -2.05. The molecule has 0 unspecified atom stereocenters. The molecule has 4 nitrogen and oxygen atoms in total. The van der Waals surface area contributed by atoms with E-state index < -0.39 is 12.0 Å². The Labute approximate surface area is 129 Å². The maximum atomic E-state index is 12.8. The molecule has 0 atom stereocenters. The Morgan fingerprint density at radius 1 is 1.50 bits per heavy atom. The fraction of sp³-hybridized carbons (Fsp3) is 0.300. The zero-order valence-electron chi connectivity index (χ0n) is 10.1. The van der Waals surface area contributed by atoms with Crippen molar-refractivity contribution < 1.29 is 13.2 Å². The van der Waals surface area contributed by atoms with Crippen LogP contribution in [0.25, 0.3) is 0 Å². The summed E-state index contributed by atoms with van der Waals surface area (Å²) in [6.07, 6.45) is -3.24. The first-order chi connectivity index (χ1) is 9.41. The Bertz CT molecular complexity index is 620. The smallest absolute Gasteiger partial charge is 0.183 e. The Hall–Kier alpha value is -0.870. The van der Waals surface area contributed by atoms with Crippen LogP contribution in [0.1, 0.15) is 17.6 Å². The quantitative estimate of drug-likeness (QED) is 0.588. The maximum Gasteiger partial charge on any atom is 0.453 e. The van der Waals surface area contributed by atoms with E-state index >= 15 is 0 Å². The minimum atomic E-state index is -4.59. The summed E-state index contributed by atoms with van der Waals surface area (Å²) >= 11 is 5.78. The fourth-order valence-corrected chi connectivity index (χ4v) is 3.19. The van der Waals surface area contributed by atoms with Gasteiger partial charge in [-0.3, -0.25) is 0 Å². The zero-order valence-corrected chi connectivity index (χ0v) is 13.3. The van der Waals surface area contributed by atoms with Gasteiger partial charge in [0.25, 0.3) is 5.82 Å². The number of hydrogen-bond donors (Lipinski definition) is 0. The number of nitrogens with zero attached hydrogens (tertiary/aromatic N) is 4. The summed E-state index contributed by atoms with van der Waals surface area (Å²) in [6.45, 7) is 1.82. The number of halogens is 4. The Morgan fingerprint density at radius 2 is 2.25 bits per heavy atom. The van der Waals surface area contributed by atoms with Gasteiger partial charge >= 0.3 is 6.18 Å². The molecule has 0 saturated heterocycles. The van der Waals surface area contributed by atoms with Gasteiger partial charge in [0.1, 0.15) is 0 Å². The highest BCUT2D eigenvalue weighted by Crippen LogP contribution is 2.30. The molecule has 2 heterocycles. The molecule has 10 heteroatoms. The summed E-state index contributed by atoms with van der Waals surface area (Å²) in [5.74, 6) is -0.545. The molecule has 108 valence electrons. The Kier molecular flexibility index (Phi) is 4.86. The van der Waals surface area contributed by atoms with Crippen LogP contribution in [0.4, 0.5) is 13.2 Å². The summed E-state index contributed by atoms with van der Waals surface area (Å²) < 4.78 is 40.0.